The third-order valence-corrected chi connectivity index (χ3v) is 2.92. The Labute approximate surface area is 114 Å². The van der Waals surface area contributed by atoms with Crippen molar-refractivity contribution in [3.63, 3.8) is 0 Å². The lowest BCUT2D eigenvalue weighted by Crippen LogP contribution is -2.05. The van der Waals surface area contributed by atoms with Gasteiger partial charge in [-0.2, -0.15) is 0 Å². The van der Waals surface area contributed by atoms with Crippen molar-refractivity contribution in [2.45, 2.75) is 6.92 Å². The van der Waals surface area contributed by atoms with E-state index in [-0.39, 0.29) is 17.4 Å². The van der Waals surface area contributed by atoms with Gasteiger partial charge in [-0.3, -0.25) is 4.79 Å². The molecule has 2 heterocycles. The van der Waals surface area contributed by atoms with Crippen LogP contribution in [-0.4, -0.2) is 15.8 Å². The average Bonchev–Trinajstić information content (AvgIpc) is 2.81. The van der Waals surface area contributed by atoms with Gasteiger partial charge in [0.05, 0.1) is 0 Å². The van der Waals surface area contributed by atoms with E-state index in [4.69, 9.17) is 16.0 Å². The highest BCUT2D eigenvalue weighted by Gasteiger charge is 2.17. The quantitative estimate of drug-likeness (QED) is 0.671. The molecule has 0 saturated heterocycles. The fourth-order valence-electron chi connectivity index (χ4n) is 1.75. The van der Waals surface area contributed by atoms with Crippen LogP contribution in [0.1, 0.15) is 21.9 Å². The van der Waals surface area contributed by atoms with E-state index in [1.165, 1.54) is 0 Å². The number of aromatic nitrogens is 2. The van der Waals surface area contributed by atoms with Crippen LogP contribution in [0.2, 0.25) is 5.02 Å². The van der Waals surface area contributed by atoms with Crippen molar-refractivity contribution in [3.8, 4) is 0 Å². The van der Waals surface area contributed by atoms with E-state index in [2.05, 4.69) is 9.97 Å². The Bertz CT molecular complexity index is 763. The molecule has 0 fully saturated rings. The van der Waals surface area contributed by atoms with Crippen LogP contribution in [0.5, 0.6) is 0 Å². The maximum Gasteiger partial charge on any atom is 0.265 e. The predicted octanol–water partition coefficient (Wildman–Crippen LogP) is 3.42. The number of fused-ring (bicyclic) bond motifs is 1. The van der Waals surface area contributed by atoms with Crippen LogP contribution in [0.3, 0.4) is 0 Å². The summed E-state index contributed by atoms with van der Waals surface area (Å²) in [5.41, 5.74) is 1.51. The number of hydrogen-bond acceptors (Lipinski definition) is 4. The van der Waals surface area contributed by atoms with Crippen molar-refractivity contribution in [3.05, 3.63) is 58.8 Å². The van der Waals surface area contributed by atoms with Crippen LogP contribution in [0.15, 0.2) is 41.1 Å². The molecule has 3 rings (SSSR count). The molecule has 5 heteroatoms. The smallest absolute Gasteiger partial charge is 0.265 e. The normalized spacial score (nSPS) is 10.8. The first-order chi connectivity index (χ1) is 9.13. The molecule has 19 heavy (non-hydrogen) atoms. The van der Waals surface area contributed by atoms with Crippen molar-refractivity contribution >= 4 is 28.4 Å². The second-order valence-electron chi connectivity index (χ2n) is 4.21. The Morgan fingerprint density at radius 3 is 2.68 bits per heavy atom. The van der Waals surface area contributed by atoms with E-state index in [1.807, 2.05) is 6.92 Å². The van der Waals surface area contributed by atoms with Gasteiger partial charge in [0, 0.05) is 22.8 Å². The minimum Gasteiger partial charge on any atom is -0.452 e. The van der Waals surface area contributed by atoms with Crippen LogP contribution in [0.25, 0.3) is 11.0 Å². The fraction of sp³-hybridized carbons (Fsp3) is 0.0714. The minimum atomic E-state index is -0.340. The van der Waals surface area contributed by atoms with Crippen molar-refractivity contribution in [1.29, 1.82) is 0 Å². The maximum atomic E-state index is 12.2. The van der Waals surface area contributed by atoms with Crippen LogP contribution in [0, 0.1) is 6.92 Å². The summed E-state index contributed by atoms with van der Waals surface area (Å²) in [7, 11) is 0. The summed E-state index contributed by atoms with van der Waals surface area (Å²) < 4.78 is 5.48. The zero-order valence-corrected chi connectivity index (χ0v) is 10.8. The molecule has 94 valence electrons. The van der Waals surface area contributed by atoms with Crippen LogP contribution < -0.4 is 0 Å². The van der Waals surface area contributed by atoms with E-state index in [0.717, 1.165) is 10.9 Å². The third kappa shape index (κ3) is 2.22. The van der Waals surface area contributed by atoms with Gasteiger partial charge < -0.3 is 4.42 Å². The summed E-state index contributed by atoms with van der Waals surface area (Å²) in [4.78, 5) is 20.2. The molecular formula is C14H9ClN2O2. The molecule has 3 aromatic rings. The molecule has 0 aliphatic heterocycles. The summed E-state index contributed by atoms with van der Waals surface area (Å²) in [6.07, 6.45) is 3.19. The SMILES string of the molecule is Cc1cnc(C(=O)c2cc3cc(Cl)ccc3o2)nc1. The molecule has 0 radical (unpaired) electrons. The second kappa shape index (κ2) is 4.48. The number of benzene rings is 1. The van der Waals surface area contributed by atoms with Gasteiger partial charge in [-0.15, -0.1) is 0 Å². The third-order valence-electron chi connectivity index (χ3n) is 2.69. The van der Waals surface area contributed by atoms with E-state index in [0.29, 0.717) is 10.6 Å². The highest BCUT2D eigenvalue weighted by atomic mass is 35.5. The van der Waals surface area contributed by atoms with Crippen molar-refractivity contribution < 1.29 is 9.21 Å². The number of furan rings is 1. The lowest BCUT2D eigenvalue weighted by atomic mass is 10.2. The minimum absolute atomic E-state index is 0.121. The Morgan fingerprint density at radius 1 is 1.21 bits per heavy atom. The summed E-state index contributed by atoms with van der Waals surface area (Å²) >= 11 is 5.89. The van der Waals surface area contributed by atoms with Crippen LogP contribution >= 0.6 is 11.6 Å². The number of aryl methyl sites for hydroxylation is 1. The molecule has 0 spiro atoms. The largest absolute Gasteiger partial charge is 0.452 e. The first-order valence-electron chi connectivity index (χ1n) is 5.66. The number of carbonyl (C=O) groups is 1. The zero-order valence-electron chi connectivity index (χ0n) is 10.1. The lowest BCUT2D eigenvalue weighted by molar-refractivity contribution is 0.100. The highest BCUT2D eigenvalue weighted by molar-refractivity contribution is 6.31. The lowest BCUT2D eigenvalue weighted by Gasteiger charge is -1.95. The molecule has 0 bridgehead atoms. The van der Waals surface area contributed by atoms with Gasteiger partial charge in [0.2, 0.25) is 5.82 Å². The first kappa shape index (κ1) is 11.9. The van der Waals surface area contributed by atoms with E-state index in [1.54, 1.807) is 36.7 Å². The van der Waals surface area contributed by atoms with E-state index >= 15 is 0 Å². The second-order valence-corrected chi connectivity index (χ2v) is 4.64. The summed E-state index contributed by atoms with van der Waals surface area (Å²) in [6, 6.07) is 6.83. The van der Waals surface area contributed by atoms with E-state index < -0.39 is 0 Å². The van der Waals surface area contributed by atoms with E-state index in [9.17, 15) is 4.79 Å². The van der Waals surface area contributed by atoms with Gasteiger partial charge in [0.25, 0.3) is 5.78 Å². The van der Waals surface area contributed by atoms with Crippen LogP contribution in [0.4, 0.5) is 0 Å². The molecule has 1 aromatic carbocycles. The summed E-state index contributed by atoms with van der Waals surface area (Å²) in [6.45, 7) is 1.86. The Kier molecular flexibility index (Phi) is 2.80. The summed E-state index contributed by atoms with van der Waals surface area (Å²) in [5.74, 6) is -0.0100. The molecular weight excluding hydrogens is 264 g/mol. The molecule has 0 aliphatic rings. The summed E-state index contributed by atoms with van der Waals surface area (Å²) in [5, 5.41) is 1.38. The topological polar surface area (TPSA) is 56.0 Å². The maximum absolute atomic E-state index is 12.2. The van der Waals surface area contributed by atoms with Gasteiger partial charge in [-0.05, 0) is 36.8 Å². The number of halogens is 1. The zero-order chi connectivity index (χ0) is 13.4. The number of ketones is 1. The van der Waals surface area contributed by atoms with Crippen molar-refractivity contribution in [2.24, 2.45) is 0 Å². The van der Waals surface area contributed by atoms with Gasteiger partial charge in [-0.1, -0.05) is 11.6 Å². The fourth-order valence-corrected chi connectivity index (χ4v) is 1.93. The first-order valence-corrected chi connectivity index (χ1v) is 6.04. The molecule has 4 nitrogen and oxygen atoms in total. The van der Waals surface area contributed by atoms with Gasteiger partial charge in [0.15, 0.2) is 5.76 Å². The highest BCUT2D eigenvalue weighted by Crippen LogP contribution is 2.23. The predicted molar refractivity (Wildman–Crippen MR) is 71.4 cm³/mol. The van der Waals surface area contributed by atoms with Crippen molar-refractivity contribution in [2.75, 3.05) is 0 Å². The van der Waals surface area contributed by atoms with Gasteiger partial charge in [0.1, 0.15) is 5.58 Å². The standard InChI is InChI=1S/C14H9ClN2O2/c1-8-6-16-14(17-7-8)13(18)12-5-9-4-10(15)2-3-11(9)19-12/h2-7H,1H3. The molecule has 0 atom stereocenters. The molecule has 0 saturated carbocycles. The molecule has 0 amide bonds. The molecule has 0 unspecified atom stereocenters. The van der Waals surface area contributed by atoms with Crippen molar-refractivity contribution in [1.82, 2.24) is 9.97 Å². The van der Waals surface area contributed by atoms with Gasteiger partial charge in [-0.25, -0.2) is 9.97 Å². The monoisotopic (exact) mass is 272 g/mol. The number of nitrogens with zero attached hydrogens (tertiary/aromatic N) is 2. The molecule has 0 aliphatic carbocycles. The molecule has 2 aromatic heterocycles. The Morgan fingerprint density at radius 2 is 1.95 bits per heavy atom. The number of rotatable bonds is 2. The number of carbonyl (C=O) groups excluding carboxylic acids is 1. The Hall–Kier alpha value is -2.20. The average molecular weight is 273 g/mol. The Balaban J connectivity index is 2.04. The number of hydrogen-bond donors (Lipinski definition) is 0. The molecule has 0 N–H and O–H groups in total. The van der Waals surface area contributed by atoms with Crippen LogP contribution in [-0.2, 0) is 0 Å². The van der Waals surface area contributed by atoms with Gasteiger partial charge >= 0.3 is 0 Å².